The molecule has 16 heavy (non-hydrogen) atoms. The van der Waals surface area contributed by atoms with E-state index in [4.69, 9.17) is 11.1 Å². The number of hydrogen-bond donors (Lipinski definition) is 2. The number of nitrogens with one attached hydrogen (secondary N) is 1. The summed E-state index contributed by atoms with van der Waals surface area (Å²) in [5.41, 5.74) is 6.70. The molecule has 0 atom stereocenters. The van der Waals surface area contributed by atoms with Crippen LogP contribution in [0.15, 0.2) is 18.2 Å². The van der Waals surface area contributed by atoms with Gasteiger partial charge in [-0.15, -0.1) is 0 Å². The first-order valence-electron chi connectivity index (χ1n) is 5.35. The van der Waals surface area contributed by atoms with Gasteiger partial charge in [0.1, 0.15) is 11.7 Å². The number of amidine groups is 1. The second kappa shape index (κ2) is 6.53. The number of nitrogens with two attached hydrogens (primary N) is 1. The van der Waals surface area contributed by atoms with Crippen molar-refractivity contribution in [2.24, 2.45) is 5.73 Å². The predicted molar refractivity (Wildman–Crippen MR) is 68.5 cm³/mol. The summed E-state index contributed by atoms with van der Waals surface area (Å²) in [6.07, 6.45) is 2.36. The average molecular weight is 240 g/mol. The highest BCUT2D eigenvalue weighted by Crippen LogP contribution is 2.16. The van der Waals surface area contributed by atoms with Crippen LogP contribution in [0.25, 0.3) is 0 Å². The summed E-state index contributed by atoms with van der Waals surface area (Å²) >= 11 is 1.78. The number of nitrogen functional groups attached to an aromatic ring is 1. The smallest absolute Gasteiger partial charge is 0.124 e. The molecular weight excluding hydrogens is 223 g/mol. The van der Waals surface area contributed by atoms with Gasteiger partial charge in [0.2, 0.25) is 0 Å². The molecule has 1 aromatic carbocycles. The Kier molecular flexibility index (Phi) is 5.32. The number of unbranched alkanes of at least 4 members (excludes halogenated alkanes) is 1. The zero-order chi connectivity index (χ0) is 12.0. The second-order valence-electron chi connectivity index (χ2n) is 3.67. The summed E-state index contributed by atoms with van der Waals surface area (Å²) in [5.74, 6) is 1.46. The van der Waals surface area contributed by atoms with Crippen LogP contribution in [0.1, 0.15) is 30.9 Å². The predicted octanol–water partition coefficient (Wildman–Crippen LogP) is 3.14. The summed E-state index contributed by atoms with van der Waals surface area (Å²) in [6.45, 7) is 2.15. The standard InChI is InChI=1S/C12H17FN2S/c1-2-3-4-16-8-9-5-10(12(14)15)7-11(13)6-9/h5-7H,2-4,8H2,1H3,(H3,14,15). The fraction of sp³-hybridized carbons (Fsp3) is 0.417. The summed E-state index contributed by atoms with van der Waals surface area (Å²) in [6, 6.07) is 4.58. The molecule has 1 aromatic rings. The van der Waals surface area contributed by atoms with Crippen molar-refractivity contribution in [2.75, 3.05) is 5.75 Å². The molecule has 4 heteroatoms. The van der Waals surface area contributed by atoms with E-state index in [1.807, 2.05) is 0 Å². The molecule has 0 saturated carbocycles. The van der Waals surface area contributed by atoms with Crippen LogP contribution >= 0.6 is 11.8 Å². The first-order valence-corrected chi connectivity index (χ1v) is 6.50. The largest absolute Gasteiger partial charge is 0.384 e. The molecule has 88 valence electrons. The molecule has 2 nitrogen and oxygen atoms in total. The van der Waals surface area contributed by atoms with Crippen LogP contribution < -0.4 is 5.73 Å². The highest BCUT2D eigenvalue weighted by Gasteiger charge is 2.03. The third-order valence-electron chi connectivity index (χ3n) is 2.18. The molecule has 0 aliphatic carbocycles. The van der Waals surface area contributed by atoms with Crippen molar-refractivity contribution in [2.45, 2.75) is 25.5 Å². The van der Waals surface area contributed by atoms with Crippen molar-refractivity contribution in [3.63, 3.8) is 0 Å². The summed E-state index contributed by atoms with van der Waals surface area (Å²) < 4.78 is 13.2. The van der Waals surface area contributed by atoms with Crippen LogP contribution in [0.3, 0.4) is 0 Å². The molecular formula is C12H17FN2S. The molecule has 3 N–H and O–H groups in total. The van der Waals surface area contributed by atoms with Crippen LogP contribution in [-0.4, -0.2) is 11.6 Å². The molecule has 0 bridgehead atoms. The molecule has 0 aromatic heterocycles. The van der Waals surface area contributed by atoms with E-state index < -0.39 is 0 Å². The van der Waals surface area contributed by atoms with E-state index in [1.165, 1.54) is 25.0 Å². The van der Waals surface area contributed by atoms with E-state index in [1.54, 1.807) is 17.8 Å². The lowest BCUT2D eigenvalue weighted by Gasteiger charge is -2.05. The van der Waals surface area contributed by atoms with E-state index in [-0.39, 0.29) is 11.7 Å². The summed E-state index contributed by atoms with van der Waals surface area (Å²) in [5, 5.41) is 7.28. The van der Waals surface area contributed by atoms with Crippen LogP contribution in [0.5, 0.6) is 0 Å². The lowest BCUT2D eigenvalue weighted by Crippen LogP contribution is -2.11. The van der Waals surface area contributed by atoms with E-state index in [2.05, 4.69) is 6.92 Å². The molecule has 0 aliphatic heterocycles. The topological polar surface area (TPSA) is 49.9 Å². The van der Waals surface area contributed by atoms with Crippen LogP contribution in [-0.2, 0) is 5.75 Å². The Morgan fingerprint density at radius 1 is 1.44 bits per heavy atom. The number of halogens is 1. The van der Waals surface area contributed by atoms with Crippen molar-refractivity contribution in [1.29, 1.82) is 5.41 Å². The maximum Gasteiger partial charge on any atom is 0.124 e. The van der Waals surface area contributed by atoms with Crippen LogP contribution in [0, 0.1) is 11.2 Å². The first kappa shape index (κ1) is 13.0. The fourth-order valence-electron chi connectivity index (χ4n) is 1.33. The highest BCUT2D eigenvalue weighted by molar-refractivity contribution is 7.98. The van der Waals surface area contributed by atoms with Crippen molar-refractivity contribution in [1.82, 2.24) is 0 Å². The third kappa shape index (κ3) is 4.23. The van der Waals surface area contributed by atoms with Gasteiger partial charge < -0.3 is 5.73 Å². The Bertz CT molecular complexity index is 366. The minimum absolute atomic E-state index is 0.0840. The maximum atomic E-state index is 13.2. The average Bonchev–Trinajstić information content (AvgIpc) is 2.23. The van der Waals surface area contributed by atoms with Gasteiger partial charge in [-0.25, -0.2) is 4.39 Å². The Morgan fingerprint density at radius 2 is 2.19 bits per heavy atom. The van der Waals surface area contributed by atoms with Gasteiger partial charge in [0.05, 0.1) is 0 Å². The van der Waals surface area contributed by atoms with Gasteiger partial charge >= 0.3 is 0 Å². The molecule has 0 saturated heterocycles. The normalized spacial score (nSPS) is 10.4. The zero-order valence-electron chi connectivity index (χ0n) is 9.42. The molecule has 0 unspecified atom stereocenters. The van der Waals surface area contributed by atoms with Crippen molar-refractivity contribution >= 4 is 17.6 Å². The van der Waals surface area contributed by atoms with E-state index in [0.29, 0.717) is 5.56 Å². The Hall–Kier alpha value is -1.03. The molecule has 0 amide bonds. The van der Waals surface area contributed by atoms with Crippen LogP contribution in [0.4, 0.5) is 4.39 Å². The van der Waals surface area contributed by atoms with Crippen molar-refractivity contribution in [3.05, 3.63) is 35.1 Å². The van der Waals surface area contributed by atoms with Gasteiger partial charge in [0.25, 0.3) is 0 Å². The third-order valence-corrected chi connectivity index (χ3v) is 3.29. The van der Waals surface area contributed by atoms with Gasteiger partial charge in [-0.05, 0) is 35.9 Å². The van der Waals surface area contributed by atoms with Crippen molar-refractivity contribution < 1.29 is 4.39 Å². The molecule has 0 radical (unpaired) electrons. The number of benzene rings is 1. The molecule has 0 heterocycles. The first-order chi connectivity index (χ1) is 7.63. The van der Waals surface area contributed by atoms with Crippen molar-refractivity contribution in [3.8, 4) is 0 Å². The quantitative estimate of drug-likeness (QED) is 0.456. The Morgan fingerprint density at radius 3 is 2.81 bits per heavy atom. The highest BCUT2D eigenvalue weighted by atomic mass is 32.2. The minimum atomic E-state index is -0.321. The van der Waals surface area contributed by atoms with Gasteiger partial charge in [-0.1, -0.05) is 13.3 Å². The van der Waals surface area contributed by atoms with Crippen LogP contribution in [0.2, 0.25) is 0 Å². The van der Waals surface area contributed by atoms with Gasteiger partial charge in [0.15, 0.2) is 0 Å². The van der Waals surface area contributed by atoms with Gasteiger partial charge in [-0.3, -0.25) is 5.41 Å². The molecule has 0 spiro atoms. The fourth-order valence-corrected chi connectivity index (χ4v) is 2.37. The lowest BCUT2D eigenvalue weighted by atomic mass is 10.1. The molecule has 0 aliphatic rings. The number of thioether (sulfide) groups is 1. The second-order valence-corrected chi connectivity index (χ2v) is 4.77. The summed E-state index contributed by atoms with van der Waals surface area (Å²) in [4.78, 5) is 0. The number of hydrogen-bond acceptors (Lipinski definition) is 2. The van der Waals surface area contributed by atoms with E-state index in [9.17, 15) is 4.39 Å². The lowest BCUT2D eigenvalue weighted by molar-refractivity contribution is 0.626. The maximum absolute atomic E-state index is 13.2. The SMILES string of the molecule is CCCCSCc1cc(F)cc(C(=N)N)c1. The monoisotopic (exact) mass is 240 g/mol. The van der Waals surface area contributed by atoms with E-state index >= 15 is 0 Å². The Balaban J connectivity index is 2.62. The zero-order valence-corrected chi connectivity index (χ0v) is 10.2. The molecule has 0 fully saturated rings. The van der Waals surface area contributed by atoms with Gasteiger partial charge in [0, 0.05) is 11.3 Å². The number of rotatable bonds is 6. The Labute approximate surface area is 99.9 Å². The molecule has 1 rings (SSSR count). The van der Waals surface area contributed by atoms with Gasteiger partial charge in [-0.2, -0.15) is 11.8 Å². The summed E-state index contributed by atoms with van der Waals surface area (Å²) in [7, 11) is 0. The van der Waals surface area contributed by atoms with E-state index in [0.717, 1.165) is 17.1 Å². The minimum Gasteiger partial charge on any atom is -0.384 e.